The molecular formula is C28H22ClN3O3. The Morgan fingerprint density at radius 1 is 1.00 bits per heavy atom. The number of hydrogen-bond donors (Lipinski definition) is 1. The Balaban J connectivity index is 1.47. The summed E-state index contributed by atoms with van der Waals surface area (Å²) in [5.74, 6) is -1.04. The molecule has 1 N–H and O–H groups in total. The van der Waals surface area contributed by atoms with E-state index in [0.717, 1.165) is 35.2 Å². The molecule has 5 rings (SSSR count). The van der Waals surface area contributed by atoms with Gasteiger partial charge in [-0.3, -0.25) is 4.79 Å². The smallest absolute Gasteiger partial charge is 0.339 e. The van der Waals surface area contributed by atoms with Crippen LogP contribution in [0.2, 0.25) is 5.15 Å². The summed E-state index contributed by atoms with van der Waals surface area (Å²) in [5, 5.41) is 3.50. The molecule has 0 radical (unpaired) electrons. The maximum atomic E-state index is 13.3. The van der Waals surface area contributed by atoms with Gasteiger partial charge in [0.05, 0.1) is 22.5 Å². The van der Waals surface area contributed by atoms with Crippen LogP contribution in [0.25, 0.3) is 22.6 Å². The molecule has 0 bridgehead atoms. The molecule has 174 valence electrons. The Kier molecular flexibility index (Phi) is 6.55. The van der Waals surface area contributed by atoms with Gasteiger partial charge >= 0.3 is 5.97 Å². The Bertz CT molecular complexity index is 1450. The molecule has 0 spiro atoms. The molecule has 4 aromatic rings. The molecule has 1 aliphatic rings. The van der Waals surface area contributed by atoms with E-state index in [2.05, 4.69) is 16.4 Å². The number of amides is 1. The number of aromatic nitrogens is 2. The number of nitrogens with zero attached hydrogens (tertiary/aromatic N) is 2. The van der Waals surface area contributed by atoms with Crippen molar-refractivity contribution in [1.82, 2.24) is 9.97 Å². The highest BCUT2D eigenvalue weighted by atomic mass is 35.5. The standard InChI is InChI=1S/C28H22ClN3O3/c29-27-23(14-7-15-30-27)31-24(33)17-35-28(34)25-20-11-4-5-13-22(20)32-26-19(10-6-12-21(25)26)16-18-8-2-1-3-9-18/h1-5,7-9,11,13-16H,6,10,12,17H2,(H,31,33). The van der Waals surface area contributed by atoms with Crippen LogP contribution in [0.1, 0.15) is 40.0 Å². The average Bonchev–Trinajstić information content (AvgIpc) is 2.88. The second kappa shape index (κ2) is 10.1. The first-order valence-corrected chi connectivity index (χ1v) is 11.7. The Hall–Kier alpha value is -4.03. The first kappa shape index (κ1) is 22.7. The zero-order valence-corrected chi connectivity index (χ0v) is 19.6. The quantitative estimate of drug-likeness (QED) is 0.280. The van der Waals surface area contributed by atoms with Crippen molar-refractivity contribution >= 4 is 51.7 Å². The molecule has 2 aromatic heterocycles. The molecular weight excluding hydrogens is 462 g/mol. The Labute approximate surface area is 207 Å². The lowest BCUT2D eigenvalue weighted by molar-refractivity contribution is -0.119. The first-order chi connectivity index (χ1) is 17.1. The molecule has 0 aliphatic heterocycles. The van der Waals surface area contributed by atoms with Crippen LogP contribution in [-0.4, -0.2) is 28.5 Å². The second-order valence-electron chi connectivity index (χ2n) is 8.23. The van der Waals surface area contributed by atoms with Crippen LogP contribution in [0, 0.1) is 0 Å². The van der Waals surface area contributed by atoms with Gasteiger partial charge < -0.3 is 10.1 Å². The van der Waals surface area contributed by atoms with Crippen LogP contribution < -0.4 is 5.32 Å². The van der Waals surface area contributed by atoms with E-state index in [0.29, 0.717) is 28.6 Å². The summed E-state index contributed by atoms with van der Waals surface area (Å²) in [6.07, 6.45) is 6.12. The Morgan fingerprint density at radius 2 is 1.80 bits per heavy atom. The number of rotatable bonds is 5. The average molecular weight is 484 g/mol. The molecule has 0 saturated heterocycles. The van der Waals surface area contributed by atoms with Gasteiger partial charge in [-0.25, -0.2) is 14.8 Å². The lowest BCUT2D eigenvalue weighted by Crippen LogP contribution is -2.22. The van der Waals surface area contributed by atoms with Gasteiger partial charge in [-0.1, -0.05) is 60.1 Å². The number of benzene rings is 2. The van der Waals surface area contributed by atoms with Crippen LogP contribution in [0.4, 0.5) is 5.69 Å². The van der Waals surface area contributed by atoms with Gasteiger partial charge in [-0.2, -0.15) is 0 Å². The molecule has 1 amide bonds. The van der Waals surface area contributed by atoms with Crippen molar-refractivity contribution < 1.29 is 14.3 Å². The molecule has 0 atom stereocenters. The summed E-state index contributed by atoms with van der Waals surface area (Å²) >= 11 is 6.00. The fraction of sp³-hybridized carbons (Fsp3) is 0.143. The molecule has 0 fully saturated rings. The van der Waals surface area contributed by atoms with Crippen molar-refractivity contribution in [2.75, 3.05) is 11.9 Å². The predicted molar refractivity (Wildman–Crippen MR) is 137 cm³/mol. The number of ether oxygens (including phenoxy) is 1. The van der Waals surface area contributed by atoms with Crippen molar-refractivity contribution in [2.45, 2.75) is 19.3 Å². The minimum Gasteiger partial charge on any atom is -0.452 e. The Morgan fingerprint density at radius 3 is 2.63 bits per heavy atom. The molecule has 6 nitrogen and oxygen atoms in total. The van der Waals surface area contributed by atoms with Crippen molar-refractivity contribution in [3.63, 3.8) is 0 Å². The van der Waals surface area contributed by atoms with Crippen LogP contribution in [0.3, 0.4) is 0 Å². The minimum absolute atomic E-state index is 0.166. The maximum absolute atomic E-state index is 13.3. The van der Waals surface area contributed by atoms with Crippen LogP contribution in [-0.2, 0) is 16.0 Å². The lowest BCUT2D eigenvalue weighted by atomic mass is 9.86. The SMILES string of the molecule is O=C(COC(=O)c1c2c(nc3ccccc13)C(=Cc1ccccc1)CCC2)Nc1cccnc1Cl. The number of carbonyl (C=O) groups is 2. The van der Waals surface area contributed by atoms with Crippen LogP contribution in [0.5, 0.6) is 0 Å². The fourth-order valence-corrected chi connectivity index (χ4v) is 4.49. The van der Waals surface area contributed by atoms with Crippen molar-refractivity contribution in [2.24, 2.45) is 0 Å². The maximum Gasteiger partial charge on any atom is 0.339 e. The summed E-state index contributed by atoms with van der Waals surface area (Å²) in [6, 6.07) is 20.9. The summed E-state index contributed by atoms with van der Waals surface area (Å²) < 4.78 is 5.47. The molecule has 0 unspecified atom stereocenters. The largest absolute Gasteiger partial charge is 0.452 e. The van der Waals surface area contributed by atoms with Crippen molar-refractivity contribution in [1.29, 1.82) is 0 Å². The molecule has 1 aliphatic carbocycles. The predicted octanol–water partition coefficient (Wildman–Crippen LogP) is 5.96. The minimum atomic E-state index is -0.548. The van der Waals surface area contributed by atoms with Crippen LogP contribution >= 0.6 is 11.6 Å². The summed E-state index contributed by atoms with van der Waals surface area (Å²) in [4.78, 5) is 34.6. The van der Waals surface area contributed by atoms with Gasteiger partial charge in [0.2, 0.25) is 0 Å². The van der Waals surface area contributed by atoms with Crippen molar-refractivity contribution in [3.8, 4) is 0 Å². The second-order valence-corrected chi connectivity index (χ2v) is 8.59. The van der Waals surface area contributed by atoms with E-state index in [1.165, 1.54) is 6.20 Å². The molecule has 35 heavy (non-hydrogen) atoms. The number of esters is 1. The third-order valence-electron chi connectivity index (χ3n) is 5.88. The van der Waals surface area contributed by atoms with E-state index in [4.69, 9.17) is 21.3 Å². The summed E-state index contributed by atoms with van der Waals surface area (Å²) in [6.45, 7) is -0.442. The lowest BCUT2D eigenvalue weighted by Gasteiger charge is -2.22. The van der Waals surface area contributed by atoms with Gasteiger partial charge in [-0.15, -0.1) is 0 Å². The van der Waals surface area contributed by atoms with Gasteiger partial charge in [0, 0.05) is 11.6 Å². The van der Waals surface area contributed by atoms with Gasteiger partial charge in [-0.05, 0) is 60.2 Å². The van der Waals surface area contributed by atoms with E-state index < -0.39 is 18.5 Å². The fourth-order valence-electron chi connectivity index (χ4n) is 4.33. The third-order valence-corrected chi connectivity index (χ3v) is 6.18. The molecule has 0 saturated carbocycles. The zero-order chi connectivity index (χ0) is 24.2. The highest BCUT2D eigenvalue weighted by Crippen LogP contribution is 2.36. The summed E-state index contributed by atoms with van der Waals surface area (Å²) in [7, 11) is 0. The van der Waals surface area contributed by atoms with E-state index in [1.807, 2.05) is 54.6 Å². The number of carbonyl (C=O) groups excluding carboxylic acids is 2. The number of anilines is 1. The van der Waals surface area contributed by atoms with Crippen LogP contribution in [0.15, 0.2) is 72.9 Å². The number of halogens is 1. The van der Waals surface area contributed by atoms with Gasteiger partial charge in [0.15, 0.2) is 11.8 Å². The molecule has 2 aromatic carbocycles. The van der Waals surface area contributed by atoms with E-state index >= 15 is 0 Å². The monoisotopic (exact) mass is 483 g/mol. The number of para-hydroxylation sites is 1. The number of nitrogens with one attached hydrogen (secondary N) is 1. The van der Waals surface area contributed by atoms with Gasteiger partial charge in [0.1, 0.15) is 0 Å². The molecule has 2 heterocycles. The highest BCUT2D eigenvalue weighted by molar-refractivity contribution is 6.32. The molecule has 7 heteroatoms. The normalized spacial score (nSPS) is 13.9. The van der Waals surface area contributed by atoms with E-state index in [9.17, 15) is 9.59 Å². The van der Waals surface area contributed by atoms with E-state index in [-0.39, 0.29) is 5.15 Å². The van der Waals surface area contributed by atoms with E-state index in [1.54, 1.807) is 12.1 Å². The number of pyridine rings is 2. The topological polar surface area (TPSA) is 81.2 Å². The number of fused-ring (bicyclic) bond motifs is 2. The van der Waals surface area contributed by atoms with Gasteiger partial charge in [0.25, 0.3) is 5.91 Å². The summed E-state index contributed by atoms with van der Waals surface area (Å²) in [5.41, 5.74) is 5.39. The zero-order valence-electron chi connectivity index (χ0n) is 18.8. The number of hydrogen-bond acceptors (Lipinski definition) is 5. The number of allylic oxidation sites excluding steroid dienone is 1. The first-order valence-electron chi connectivity index (χ1n) is 11.4. The highest BCUT2D eigenvalue weighted by Gasteiger charge is 2.26. The third kappa shape index (κ3) is 4.93. The van der Waals surface area contributed by atoms with Crippen molar-refractivity contribution in [3.05, 3.63) is 100 Å².